The molecule has 0 saturated heterocycles. The van der Waals surface area contributed by atoms with Gasteiger partial charge in [-0.15, -0.1) is 11.3 Å². The molecule has 0 amide bonds. The van der Waals surface area contributed by atoms with Gasteiger partial charge in [-0.2, -0.15) is 0 Å². The molecule has 6 heteroatoms. The van der Waals surface area contributed by atoms with Crippen LogP contribution in [0.15, 0.2) is 40.9 Å². The molecule has 0 atom stereocenters. The number of oxime groups is 1. The molecule has 0 aliphatic heterocycles. The molecule has 0 unspecified atom stereocenters. The quantitative estimate of drug-likeness (QED) is 0.403. The van der Waals surface area contributed by atoms with Gasteiger partial charge in [0.1, 0.15) is 10.7 Å². The highest BCUT2D eigenvalue weighted by atomic mass is 32.1. The van der Waals surface area contributed by atoms with Crippen LogP contribution in [-0.4, -0.2) is 28.5 Å². The predicted molar refractivity (Wildman–Crippen MR) is 72.5 cm³/mol. The number of thiazole rings is 1. The van der Waals surface area contributed by atoms with Crippen LogP contribution in [0.25, 0.3) is 10.6 Å². The number of aromatic nitrogens is 1. The minimum atomic E-state index is -0.685. The molecule has 5 nitrogen and oxygen atoms in total. The SMILES string of the molecule is CCOC(=O)C(=NO)c1csc(-c2ccccc2)n1. The molecule has 0 bridgehead atoms. The zero-order valence-corrected chi connectivity index (χ0v) is 11.1. The first kappa shape index (κ1) is 13.2. The summed E-state index contributed by atoms with van der Waals surface area (Å²) in [6.45, 7) is 1.90. The van der Waals surface area contributed by atoms with E-state index in [-0.39, 0.29) is 12.3 Å². The summed E-state index contributed by atoms with van der Waals surface area (Å²) in [7, 11) is 0. The molecule has 0 radical (unpaired) electrons. The second kappa shape index (κ2) is 6.10. The normalized spacial score (nSPS) is 11.3. The van der Waals surface area contributed by atoms with Gasteiger partial charge in [0, 0.05) is 10.9 Å². The lowest BCUT2D eigenvalue weighted by Gasteiger charge is -2.00. The summed E-state index contributed by atoms with van der Waals surface area (Å²) in [6.07, 6.45) is 0. The Morgan fingerprint density at radius 2 is 2.16 bits per heavy atom. The third-order valence-corrected chi connectivity index (χ3v) is 3.23. The van der Waals surface area contributed by atoms with Crippen molar-refractivity contribution >= 4 is 23.0 Å². The molecule has 2 rings (SSSR count). The lowest BCUT2D eigenvalue weighted by molar-refractivity contribution is -0.135. The van der Waals surface area contributed by atoms with Crippen LogP contribution < -0.4 is 0 Å². The number of esters is 1. The van der Waals surface area contributed by atoms with E-state index in [0.29, 0.717) is 5.69 Å². The molecule has 0 aliphatic rings. The lowest BCUT2D eigenvalue weighted by atomic mass is 10.2. The molecule has 1 aromatic heterocycles. The minimum Gasteiger partial charge on any atom is -0.461 e. The maximum absolute atomic E-state index is 11.6. The van der Waals surface area contributed by atoms with E-state index in [2.05, 4.69) is 10.1 Å². The van der Waals surface area contributed by atoms with Crippen molar-refractivity contribution in [2.75, 3.05) is 6.61 Å². The molecular formula is C13H12N2O3S. The number of ether oxygens (including phenoxy) is 1. The van der Waals surface area contributed by atoms with E-state index in [9.17, 15) is 4.79 Å². The number of benzene rings is 1. The van der Waals surface area contributed by atoms with Crippen LogP contribution in [0.3, 0.4) is 0 Å². The first-order valence-electron chi connectivity index (χ1n) is 5.66. The molecule has 1 aromatic carbocycles. The Bertz CT molecular complexity index is 593. The number of hydrogen-bond donors (Lipinski definition) is 1. The lowest BCUT2D eigenvalue weighted by Crippen LogP contribution is -2.19. The van der Waals surface area contributed by atoms with Crippen LogP contribution >= 0.6 is 11.3 Å². The van der Waals surface area contributed by atoms with E-state index in [4.69, 9.17) is 9.94 Å². The van der Waals surface area contributed by atoms with E-state index in [1.54, 1.807) is 12.3 Å². The van der Waals surface area contributed by atoms with Crippen LogP contribution in [0.5, 0.6) is 0 Å². The second-order valence-corrected chi connectivity index (χ2v) is 4.43. The molecule has 0 spiro atoms. The van der Waals surface area contributed by atoms with Crippen molar-refractivity contribution in [2.45, 2.75) is 6.92 Å². The van der Waals surface area contributed by atoms with Crippen LogP contribution in [0, 0.1) is 0 Å². The Balaban J connectivity index is 2.28. The molecule has 0 saturated carbocycles. The van der Waals surface area contributed by atoms with Crippen molar-refractivity contribution in [1.29, 1.82) is 0 Å². The standard InChI is InChI=1S/C13H12N2O3S/c1-2-18-13(16)11(15-17)10-8-19-12(14-10)9-6-4-3-5-7-9/h3-8,17H,2H2,1H3. The minimum absolute atomic E-state index is 0.180. The van der Waals surface area contributed by atoms with Crippen molar-refractivity contribution in [2.24, 2.45) is 5.16 Å². The topological polar surface area (TPSA) is 71.8 Å². The average molecular weight is 276 g/mol. The fourth-order valence-electron chi connectivity index (χ4n) is 1.49. The van der Waals surface area contributed by atoms with Crippen molar-refractivity contribution in [3.8, 4) is 10.6 Å². The van der Waals surface area contributed by atoms with Crippen LogP contribution in [-0.2, 0) is 9.53 Å². The van der Waals surface area contributed by atoms with Gasteiger partial charge in [0.25, 0.3) is 0 Å². The maximum atomic E-state index is 11.6. The van der Waals surface area contributed by atoms with E-state index in [1.807, 2.05) is 30.3 Å². The number of carbonyl (C=O) groups excluding carboxylic acids is 1. The Kier molecular flexibility index (Phi) is 4.25. The zero-order valence-electron chi connectivity index (χ0n) is 10.2. The molecular weight excluding hydrogens is 264 g/mol. The monoisotopic (exact) mass is 276 g/mol. The van der Waals surface area contributed by atoms with Crippen molar-refractivity contribution < 1.29 is 14.7 Å². The maximum Gasteiger partial charge on any atom is 0.362 e. The summed E-state index contributed by atoms with van der Waals surface area (Å²) in [4.78, 5) is 15.9. The molecule has 0 aliphatic carbocycles. The van der Waals surface area contributed by atoms with Gasteiger partial charge in [0.15, 0.2) is 0 Å². The zero-order chi connectivity index (χ0) is 13.7. The number of hydrogen-bond acceptors (Lipinski definition) is 6. The first-order chi connectivity index (χ1) is 9.26. The molecule has 98 valence electrons. The summed E-state index contributed by atoms with van der Waals surface area (Å²) in [5, 5.41) is 14.3. The summed E-state index contributed by atoms with van der Waals surface area (Å²) in [5.74, 6) is -0.685. The number of rotatable bonds is 4. The summed E-state index contributed by atoms with van der Waals surface area (Å²) in [6, 6.07) is 9.56. The van der Waals surface area contributed by atoms with Gasteiger partial charge in [0.05, 0.1) is 6.61 Å². The fourth-order valence-corrected chi connectivity index (χ4v) is 2.30. The summed E-state index contributed by atoms with van der Waals surface area (Å²) >= 11 is 1.37. The Hall–Kier alpha value is -2.21. The van der Waals surface area contributed by atoms with Gasteiger partial charge in [-0.1, -0.05) is 35.5 Å². The molecule has 1 heterocycles. The Morgan fingerprint density at radius 1 is 1.42 bits per heavy atom. The highest BCUT2D eigenvalue weighted by Crippen LogP contribution is 2.23. The number of nitrogens with zero attached hydrogens (tertiary/aromatic N) is 2. The van der Waals surface area contributed by atoms with E-state index < -0.39 is 5.97 Å². The second-order valence-electron chi connectivity index (χ2n) is 3.57. The third-order valence-electron chi connectivity index (χ3n) is 2.34. The molecule has 19 heavy (non-hydrogen) atoms. The van der Waals surface area contributed by atoms with Gasteiger partial charge < -0.3 is 9.94 Å². The van der Waals surface area contributed by atoms with E-state index >= 15 is 0 Å². The Labute approximate surface area is 114 Å². The fraction of sp³-hybridized carbons (Fsp3) is 0.154. The van der Waals surface area contributed by atoms with Crippen molar-refractivity contribution in [1.82, 2.24) is 4.98 Å². The summed E-state index contributed by atoms with van der Waals surface area (Å²) in [5.41, 5.74) is 1.07. The van der Waals surface area contributed by atoms with Crippen LogP contribution in [0.4, 0.5) is 0 Å². The third kappa shape index (κ3) is 2.97. The highest BCUT2D eigenvalue weighted by Gasteiger charge is 2.19. The number of carbonyl (C=O) groups is 1. The predicted octanol–water partition coefficient (Wildman–Crippen LogP) is 2.55. The smallest absolute Gasteiger partial charge is 0.362 e. The van der Waals surface area contributed by atoms with Gasteiger partial charge in [-0.25, -0.2) is 9.78 Å². The largest absolute Gasteiger partial charge is 0.461 e. The van der Waals surface area contributed by atoms with Gasteiger partial charge >= 0.3 is 5.97 Å². The van der Waals surface area contributed by atoms with Gasteiger partial charge in [-0.3, -0.25) is 0 Å². The molecule has 1 N–H and O–H groups in total. The van der Waals surface area contributed by atoms with Crippen LogP contribution in [0.2, 0.25) is 0 Å². The Morgan fingerprint density at radius 3 is 2.79 bits per heavy atom. The van der Waals surface area contributed by atoms with Gasteiger partial charge in [-0.05, 0) is 6.92 Å². The molecule has 0 fully saturated rings. The van der Waals surface area contributed by atoms with Crippen molar-refractivity contribution in [3.63, 3.8) is 0 Å². The van der Waals surface area contributed by atoms with E-state index in [1.165, 1.54) is 11.3 Å². The van der Waals surface area contributed by atoms with Crippen molar-refractivity contribution in [3.05, 3.63) is 41.4 Å². The van der Waals surface area contributed by atoms with Gasteiger partial charge in [0.2, 0.25) is 5.71 Å². The van der Waals surface area contributed by atoms with E-state index in [0.717, 1.165) is 10.6 Å². The highest BCUT2D eigenvalue weighted by molar-refractivity contribution is 7.13. The van der Waals surface area contributed by atoms with Crippen LogP contribution in [0.1, 0.15) is 12.6 Å². The summed E-state index contributed by atoms with van der Waals surface area (Å²) < 4.78 is 4.80. The first-order valence-corrected chi connectivity index (χ1v) is 6.54. The average Bonchev–Trinajstić information content (AvgIpc) is 2.90. The molecule has 2 aromatic rings.